The summed E-state index contributed by atoms with van der Waals surface area (Å²) in [6.07, 6.45) is 1.47. The van der Waals surface area contributed by atoms with E-state index in [0.29, 0.717) is 17.3 Å². The summed E-state index contributed by atoms with van der Waals surface area (Å²) in [7, 11) is 0. The quantitative estimate of drug-likeness (QED) is 0.0788. The van der Waals surface area contributed by atoms with E-state index in [1.54, 1.807) is 13.0 Å². The maximum absolute atomic E-state index is 12.9. The monoisotopic (exact) mass is 648 g/mol. The Labute approximate surface area is 243 Å². The molecule has 3 N–H and O–H groups in total. The molecule has 1 atom stereocenters. The minimum atomic E-state index is -0.507. The summed E-state index contributed by atoms with van der Waals surface area (Å²) in [5, 5.41) is 28.6. The summed E-state index contributed by atoms with van der Waals surface area (Å²) < 4.78 is 3.11. The fraction of sp³-hybridized carbons (Fsp3) is 0.103. The number of hydrogen-bond acceptors (Lipinski definition) is 7. The van der Waals surface area contributed by atoms with Gasteiger partial charge in [0.25, 0.3) is 5.91 Å². The van der Waals surface area contributed by atoms with Crippen LogP contribution in [0.15, 0.2) is 101 Å². The fourth-order valence-electron chi connectivity index (χ4n) is 3.96. The number of para-hydroxylation sites is 1. The van der Waals surface area contributed by atoms with Gasteiger partial charge in [0.05, 0.1) is 18.0 Å². The molecular weight excluding hydrogens is 623 g/mol. The molecule has 196 valence electrons. The zero-order valence-corrected chi connectivity index (χ0v) is 23.9. The Bertz CT molecular complexity index is 1620. The highest BCUT2D eigenvalue weighted by Gasteiger charge is 2.21. The number of halogens is 1. The first-order valence-corrected chi connectivity index (χ1v) is 14.1. The molecule has 0 aliphatic heterocycles. The fourth-order valence-corrected chi connectivity index (χ4v) is 5.20. The van der Waals surface area contributed by atoms with Gasteiger partial charge >= 0.3 is 0 Å². The maximum atomic E-state index is 12.9. The molecule has 0 saturated heterocycles. The first-order valence-electron chi connectivity index (χ1n) is 12.2. The smallest absolute Gasteiger partial charge is 0.253 e. The number of fused-ring (bicyclic) bond motifs is 1. The van der Waals surface area contributed by atoms with Gasteiger partial charge in [0.2, 0.25) is 0 Å². The Morgan fingerprint density at radius 3 is 2.56 bits per heavy atom. The topological polar surface area (TPSA) is 104 Å². The third kappa shape index (κ3) is 6.40. The molecule has 5 rings (SSSR count). The Morgan fingerprint density at radius 1 is 1.03 bits per heavy atom. The van der Waals surface area contributed by atoms with Gasteiger partial charge in [0.1, 0.15) is 5.75 Å². The van der Waals surface area contributed by atoms with Crippen molar-refractivity contribution >= 4 is 62.9 Å². The predicted molar refractivity (Wildman–Crippen MR) is 165 cm³/mol. The van der Waals surface area contributed by atoms with Crippen LogP contribution >= 0.6 is 34.4 Å². The third-order valence-electron chi connectivity index (χ3n) is 5.98. The van der Waals surface area contributed by atoms with Gasteiger partial charge in [-0.05, 0) is 82.8 Å². The van der Waals surface area contributed by atoms with Crippen LogP contribution in [0.4, 0.5) is 5.69 Å². The zero-order valence-electron chi connectivity index (χ0n) is 21.0. The van der Waals surface area contributed by atoms with Crippen molar-refractivity contribution in [1.29, 1.82) is 0 Å². The van der Waals surface area contributed by atoms with Gasteiger partial charge in [-0.1, -0.05) is 60.3 Å². The molecule has 1 amide bonds. The number of phenolic OH excluding ortho intramolecular Hbond substituents is 1. The molecule has 0 bridgehead atoms. The Morgan fingerprint density at radius 2 is 1.77 bits per heavy atom. The van der Waals surface area contributed by atoms with E-state index in [-0.39, 0.29) is 11.7 Å². The van der Waals surface area contributed by atoms with Gasteiger partial charge in [-0.15, -0.1) is 10.2 Å². The van der Waals surface area contributed by atoms with Gasteiger partial charge in [-0.25, -0.2) is 5.43 Å². The molecule has 0 saturated carbocycles. The molecular formula is C29H25IN6O2S. The number of thioether (sulfide) groups is 1. The van der Waals surface area contributed by atoms with Crippen LogP contribution in [-0.2, 0) is 11.3 Å². The van der Waals surface area contributed by atoms with Crippen LogP contribution < -0.4 is 10.7 Å². The van der Waals surface area contributed by atoms with Crippen molar-refractivity contribution in [2.45, 2.75) is 23.9 Å². The average Bonchev–Trinajstić information content (AvgIpc) is 3.36. The van der Waals surface area contributed by atoms with E-state index in [4.69, 9.17) is 0 Å². The van der Waals surface area contributed by atoms with E-state index >= 15 is 0 Å². The first kappa shape index (κ1) is 26.7. The number of hydrogen-bond donors (Lipinski definition) is 3. The van der Waals surface area contributed by atoms with Crippen LogP contribution in [0.2, 0.25) is 0 Å². The first-order chi connectivity index (χ1) is 19.0. The zero-order chi connectivity index (χ0) is 27.2. The van der Waals surface area contributed by atoms with Crippen LogP contribution in [0.1, 0.15) is 18.3 Å². The number of amides is 1. The summed E-state index contributed by atoms with van der Waals surface area (Å²) in [5.41, 5.74) is 5.02. The van der Waals surface area contributed by atoms with Gasteiger partial charge in [0, 0.05) is 20.5 Å². The number of carbonyl (C=O) groups excluding carboxylic acids is 1. The molecule has 0 spiro atoms. The summed E-state index contributed by atoms with van der Waals surface area (Å²) in [4.78, 5) is 12.9. The molecule has 4 aromatic carbocycles. The number of nitrogens with zero attached hydrogens (tertiary/aromatic N) is 4. The second-order valence-corrected chi connectivity index (χ2v) is 11.2. The minimum absolute atomic E-state index is 0.0939. The van der Waals surface area contributed by atoms with Gasteiger partial charge in [-0.3, -0.25) is 9.36 Å². The molecule has 10 heteroatoms. The molecule has 1 unspecified atom stereocenters. The lowest BCUT2D eigenvalue weighted by molar-refractivity contribution is -0.120. The molecule has 1 heterocycles. The number of benzene rings is 4. The lowest BCUT2D eigenvalue weighted by Crippen LogP contribution is -2.27. The van der Waals surface area contributed by atoms with Gasteiger partial charge < -0.3 is 10.4 Å². The Hall–Kier alpha value is -3.90. The molecule has 0 aliphatic rings. The number of anilines is 1. The van der Waals surface area contributed by atoms with Crippen molar-refractivity contribution in [1.82, 2.24) is 20.2 Å². The van der Waals surface area contributed by atoms with Gasteiger partial charge in [0.15, 0.2) is 11.0 Å². The largest absolute Gasteiger partial charge is 0.507 e. The number of nitrogens with one attached hydrogen (secondary N) is 2. The summed E-state index contributed by atoms with van der Waals surface area (Å²) in [5.74, 6) is 0.521. The maximum Gasteiger partial charge on any atom is 0.253 e. The lowest BCUT2D eigenvalue weighted by atomic mass is 10.0. The Balaban J connectivity index is 1.30. The van der Waals surface area contributed by atoms with Crippen LogP contribution in [0.25, 0.3) is 16.5 Å². The van der Waals surface area contributed by atoms with Crippen molar-refractivity contribution in [3.05, 3.63) is 106 Å². The Kier molecular flexibility index (Phi) is 8.42. The molecule has 5 aromatic rings. The van der Waals surface area contributed by atoms with Crippen LogP contribution in [0.3, 0.4) is 0 Å². The molecule has 0 aliphatic carbocycles. The minimum Gasteiger partial charge on any atom is -0.507 e. The van der Waals surface area contributed by atoms with Crippen molar-refractivity contribution in [3.63, 3.8) is 0 Å². The van der Waals surface area contributed by atoms with E-state index < -0.39 is 5.25 Å². The van der Waals surface area contributed by atoms with Crippen LogP contribution in [-0.4, -0.2) is 37.2 Å². The molecule has 8 nitrogen and oxygen atoms in total. The van der Waals surface area contributed by atoms with Gasteiger partial charge in [-0.2, -0.15) is 5.10 Å². The number of carbonyl (C=O) groups is 1. The van der Waals surface area contributed by atoms with E-state index in [0.717, 1.165) is 31.5 Å². The number of aromatic nitrogens is 3. The normalized spacial score (nSPS) is 12.1. The number of hydrazone groups is 1. The van der Waals surface area contributed by atoms with E-state index in [1.807, 2.05) is 89.5 Å². The predicted octanol–water partition coefficient (Wildman–Crippen LogP) is 5.97. The van der Waals surface area contributed by atoms with Crippen LogP contribution in [0, 0.1) is 3.57 Å². The summed E-state index contributed by atoms with van der Waals surface area (Å²) >= 11 is 3.57. The number of phenols is 1. The molecule has 0 fully saturated rings. The second-order valence-electron chi connectivity index (χ2n) is 8.64. The lowest BCUT2D eigenvalue weighted by Gasteiger charge is -2.13. The molecule has 1 aromatic heterocycles. The SMILES string of the molecule is CC(Sc1nnc(CNc2ccc(I)cc2)n1-c1ccccc1)C(=O)N/N=C\c1c(O)ccc2ccccc12. The second kappa shape index (κ2) is 12.3. The number of rotatable bonds is 9. The highest BCUT2D eigenvalue weighted by atomic mass is 127. The standard InChI is InChI=1S/C29H25IN6O2S/c1-19(28(38)34-32-17-25-24-10-6-5-7-20(24)11-16-26(25)37)39-29-35-33-27(36(29)23-8-3-2-4-9-23)18-31-22-14-12-21(30)13-15-22/h2-17,19,31,37H,18H2,1H3,(H,34,38)/b32-17-. The average molecular weight is 649 g/mol. The summed E-state index contributed by atoms with van der Waals surface area (Å²) in [6.45, 7) is 2.25. The van der Waals surface area contributed by atoms with Crippen molar-refractivity contribution in [2.24, 2.45) is 5.10 Å². The molecule has 0 radical (unpaired) electrons. The van der Waals surface area contributed by atoms with E-state index in [9.17, 15) is 9.90 Å². The summed E-state index contributed by atoms with van der Waals surface area (Å²) in [6, 6.07) is 29.1. The van der Waals surface area contributed by atoms with Crippen LogP contribution in [0.5, 0.6) is 5.75 Å². The van der Waals surface area contributed by atoms with Crippen molar-refractivity contribution < 1.29 is 9.90 Å². The third-order valence-corrected chi connectivity index (χ3v) is 7.74. The highest BCUT2D eigenvalue weighted by Crippen LogP contribution is 2.27. The highest BCUT2D eigenvalue weighted by molar-refractivity contribution is 14.1. The van der Waals surface area contributed by atoms with Crippen molar-refractivity contribution in [2.75, 3.05) is 5.32 Å². The van der Waals surface area contributed by atoms with E-state index in [2.05, 4.69) is 48.6 Å². The van der Waals surface area contributed by atoms with Crippen molar-refractivity contribution in [3.8, 4) is 11.4 Å². The van der Waals surface area contributed by atoms with E-state index in [1.165, 1.54) is 18.0 Å². The molecule has 39 heavy (non-hydrogen) atoms. The number of aromatic hydroxyl groups is 1.